The molecule has 0 fully saturated rings. The van der Waals surface area contributed by atoms with Crippen molar-refractivity contribution in [3.63, 3.8) is 0 Å². The Hall–Kier alpha value is -1.56. The maximum absolute atomic E-state index is 10.6. The van der Waals surface area contributed by atoms with Gasteiger partial charge in [-0.1, -0.05) is 0 Å². The summed E-state index contributed by atoms with van der Waals surface area (Å²) in [5.41, 5.74) is 3.72. The van der Waals surface area contributed by atoms with E-state index in [1.165, 1.54) is 0 Å². The van der Waals surface area contributed by atoms with E-state index in [4.69, 9.17) is 10.8 Å². The SMILES string of the molecule is NC(=O)c1[nH]oc(=O)c1CO. The zero-order chi connectivity index (χ0) is 8.43. The normalized spacial score (nSPS) is 9.91. The van der Waals surface area contributed by atoms with Crippen LogP contribution in [-0.4, -0.2) is 16.2 Å². The maximum atomic E-state index is 10.6. The van der Waals surface area contributed by atoms with Crippen molar-refractivity contribution in [2.45, 2.75) is 6.61 Å². The Balaban J connectivity index is 3.27. The highest BCUT2D eigenvalue weighted by Crippen LogP contribution is 1.98. The second-order valence-electron chi connectivity index (χ2n) is 1.87. The standard InChI is InChI=1S/C5H6N2O4/c6-4(9)3-2(1-8)5(10)11-7-3/h7-8H,1H2,(H2,6,9). The van der Waals surface area contributed by atoms with E-state index in [-0.39, 0.29) is 11.3 Å². The van der Waals surface area contributed by atoms with E-state index in [1.54, 1.807) is 0 Å². The average molecular weight is 158 g/mol. The second kappa shape index (κ2) is 2.59. The zero-order valence-electron chi connectivity index (χ0n) is 5.46. The number of primary amides is 1. The number of hydrogen-bond donors (Lipinski definition) is 3. The number of aromatic nitrogens is 1. The van der Waals surface area contributed by atoms with E-state index in [1.807, 2.05) is 5.16 Å². The Bertz CT molecular complexity index is 323. The number of amides is 1. The number of H-pyrrole nitrogens is 1. The smallest absolute Gasteiger partial charge is 0.363 e. The third kappa shape index (κ3) is 1.15. The minimum absolute atomic E-state index is 0.141. The number of nitrogens with one attached hydrogen (secondary N) is 1. The minimum Gasteiger partial charge on any atom is -0.391 e. The van der Waals surface area contributed by atoms with Crippen molar-refractivity contribution >= 4 is 5.91 Å². The third-order valence-corrected chi connectivity index (χ3v) is 1.20. The summed E-state index contributed by atoms with van der Waals surface area (Å²) in [6.45, 7) is -0.565. The number of aromatic amines is 1. The van der Waals surface area contributed by atoms with Crippen LogP contribution in [0.3, 0.4) is 0 Å². The zero-order valence-corrected chi connectivity index (χ0v) is 5.46. The first-order chi connectivity index (χ1) is 5.16. The van der Waals surface area contributed by atoms with Gasteiger partial charge in [-0.15, -0.1) is 0 Å². The fourth-order valence-corrected chi connectivity index (χ4v) is 0.665. The predicted octanol–water partition coefficient (Wildman–Crippen LogP) is -1.44. The molecule has 0 radical (unpaired) electrons. The van der Waals surface area contributed by atoms with Crippen molar-refractivity contribution in [2.24, 2.45) is 5.73 Å². The van der Waals surface area contributed by atoms with E-state index in [9.17, 15) is 9.59 Å². The molecule has 0 aliphatic rings. The van der Waals surface area contributed by atoms with Gasteiger partial charge in [0.1, 0.15) is 5.69 Å². The molecule has 0 aliphatic heterocycles. The third-order valence-electron chi connectivity index (χ3n) is 1.20. The molecule has 11 heavy (non-hydrogen) atoms. The molecule has 0 aliphatic carbocycles. The molecule has 60 valence electrons. The molecule has 0 unspecified atom stereocenters. The number of carbonyl (C=O) groups is 1. The molecule has 1 aromatic heterocycles. The molecular formula is C5H6N2O4. The molecule has 1 rings (SSSR count). The Kier molecular flexibility index (Phi) is 1.77. The predicted molar refractivity (Wildman–Crippen MR) is 33.8 cm³/mol. The first-order valence-corrected chi connectivity index (χ1v) is 2.77. The molecule has 6 heteroatoms. The summed E-state index contributed by atoms with van der Waals surface area (Å²) < 4.78 is 4.21. The van der Waals surface area contributed by atoms with Gasteiger partial charge in [-0.2, -0.15) is 0 Å². The lowest BCUT2D eigenvalue weighted by Gasteiger charge is -1.88. The van der Waals surface area contributed by atoms with Gasteiger partial charge < -0.3 is 15.4 Å². The van der Waals surface area contributed by atoms with Crippen molar-refractivity contribution in [1.82, 2.24) is 5.16 Å². The van der Waals surface area contributed by atoms with Crippen LogP contribution in [0, 0.1) is 0 Å². The fourth-order valence-electron chi connectivity index (χ4n) is 0.665. The number of aliphatic hydroxyl groups excluding tert-OH is 1. The van der Waals surface area contributed by atoms with Gasteiger partial charge in [-0.05, 0) is 0 Å². The van der Waals surface area contributed by atoms with Gasteiger partial charge >= 0.3 is 5.63 Å². The van der Waals surface area contributed by atoms with Crippen LogP contribution in [0.15, 0.2) is 9.32 Å². The molecule has 0 bridgehead atoms. The van der Waals surface area contributed by atoms with Gasteiger partial charge in [0.15, 0.2) is 0 Å². The van der Waals surface area contributed by atoms with E-state index < -0.39 is 18.1 Å². The largest absolute Gasteiger partial charge is 0.391 e. The van der Waals surface area contributed by atoms with Crippen LogP contribution in [0.25, 0.3) is 0 Å². The molecule has 6 nitrogen and oxygen atoms in total. The van der Waals surface area contributed by atoms with E-state index >= 15 is 0 Å². The highest BCUT2D eigenvalue weighted by molar-refractivity contribution is 5.91. The van der Waals surface area contributed by atoms with Crippen molar-refractivity contribution in [3.05, 3.63) is 21.7 Å². The summed E-state index contributed by atoms with van der Waals surface area (Å²) in [6, 6.07) is 0. The van der Waals surface area contributed by atoms with Crippen LogP contribution < -0.4 is 11.4 Å². The van der Waals surface area contributed by atoms with Gasteiger partial charge in [0.05, 0.1) is 12.2 Å². The number of nitrogens with two attached hydrogens (primary N) is 1. The van der Waals surface area contributed by atoms with Gasteiger partial charge in [0, 0.05) is 0 Å². The highest BCUT2D eigenvalue weighted by Gasteiger charge is 2.14. The molecule has 1 amide bonds. The number of rotatable bonds is 2. The lowest BCUT2D eigenvalue weighted by molar-refractivity contribution is 0.0989. The summed E-state index contributed by atoms with van der Waals surface area (Å²) in [7, 11) is 0. The van der Waals surface area contributed by atoms with Crippen molar-refractivity contribution in [2.75, 3.05) is 0 Å². The van der Waals surface area contributed by atoms with Crippen LogP contribution in [0.5, 0.6) is 0 Å². The summed E-state index contributed by atoms with van der Waals surface area (Å²) in [5, 5.41) is 10.6. The first kappa shape index (κ1) is 7.55. The first-order valence-electron chi connectivity index (χ1n) is 2.77. The molecule has 0 spiro atoms. The van der Waals surface area contributed by atoms with Crippen molar-refractivity contribution < 1.29 is 14.4 Å². The molecule has 1 aromatic rings. The molecule has 0 aromatic carbocycles. The van der Waals surface area contributed by atoms with Crippen molar-refractivity contribution in [3.8, 4) is 0 Å². The Labute approximate surface area is 60.6 Å². The fraction of sp³-hybridized carbons (Fsp3) is 0.200. The van der Waals surface area contributed by atoms with E-state index in [0.29, 0.717) is 0 Å². The van der Waals surface area contributed by atoms with Gasteiger partial charge in [-0.25, -0.2) is 9.95 Å². The summed E-state index contributed by atoms with van der Waals surface area (Å²) in [4.78, 5) is 21.1. The maximum Gasteiger partial charge on any atom is 0.363 e. The quantitative estimate of drug-likeness (QED) is 0.489. The van der Waals surface area contributed by atoms with E-state index in [0.717, 1.165) is 0 Å². The van der Waals surface area contributed by atoms with Crippen LogP contribution in [0.1, 0.15) is 16.1 Å². The van der Waals surface area contributed by atoms with Crippen LogP contribution in [0.4, 0.5) is 0 Å². The van der Waals surface area contributed by atoms with Gasteiger partial charge in [0.2, 0.25) is 0 Å². The Morgan fingerprint density at radius 1 is 1.73 bits per heavy atom. The summed E-state index contributed by atoms with van der Waals surface area (Å²) >= 11 is 0. The average Bonchev–Trinajstić information content (AvgIpc) is 2.30. The second-order valence-corrected chi connectivity index (χ2v) is 1.87. The van der Waals surface area contributed by atoms with E-state index in [2.05, 4.69) is 4.52 Å². The highest BCUT2D eigenvalue weighted by atomic mass is 16.5. The van der Waals surface area contributed by atoms with Crippen LogP contribution in [0.2, 0.25) is 0 Å². The monoisotopic (exact) mass is 158 g/mol. The molecular weight excluding hydrogens is 152 g/mol. The van der Waals surface area contributed by atoms with Crippen LogP contribution in [-0.2, 0) is 6.61 Å². The lowest BCUT2D eigenvalue weighted by atomic mass is 10.2. The van der Waals surface area contributed by atoms with Crippen molar-refractivity contribution in [1.29, 1.82) is 0 Å². The molecule has 0 saturated carbocycles. The van der Waals surface area contributed by atoms with Gasteiger partial charge in [-0.3, -0.25) is 4.79 Å². The Morgan fingerprint density at radius 2 is 2.36 bits per heavy atom. The minimum atomic E-state index is -0.833. The molecule has 4 N–H and O–H groups in total. The molecule has 1 heterocycles. The molecule has 0 atom stereocenters. The lowest BCUT2D eigenvalue weighted by Crippen LogP contribution is -2.15. The summed E-state index contributed by atoms with van der Waals surface area (Å²) in [5.74, 6) is -0.833. The summed E-state index contributed by atoms with van der Waals surface area (Å²) in [6.07, 6.45) is 0. The topological polar surface area (TPSA) is 109 Å². The Morgan fingerprint density at radius 3 is 2.73 bits per heavy atom. The number of aliphatic hydroxyl groups is 1. The molecule has 0 saturated heterocycles. The van der Waals surface area contributed by atoms with Gasteiger partial charge in [0.25, 0.3) is 5.91 Å². The van der Waals surface area contributed by atoms with Crippen LogP contribution >= 0.6 is 0 Å². The number of carbonyl (C=O) groups excluding carboxylic acids is 1. The number of hydrogen-bond acceptors (Lipinski definition) is 4.